The molecule has 1 N–H and O–H groups in total. The topological polar surface area (TPSA) is 62.7 Å². The maximum atomic E-state index is 11.0. The summed E-state index contributed by atoms with van der Waals surface area (Å²) in [5, 5.41) is 9.95. The highest BCUT2D eigenvalue weighted by molar-refractivity contribution is 6.35. The first-order valence-corrected chi connectivity index (χ1v) is 8.05. The fraction of sp³-hybridized carbons (Fsp3) is 0.176. The lowest BCUT2D eigenvalue weighted by Crippen LogP contribution is -2.33. The molecule has 1 aliphatic heterocycles. The predicted molar refractivity (Wildman–Crippen MR) is 93.0 cm³/mol. The van der Waals surface area contributed by atoms with Crippen LogP contribution >= 0.6 is 23.2 Å². The third-order valence-corrected chi connectivity index (χ3v) is 4.23. The standard InChI is InChI=1S/C17H14Cl2N2O3/c18-12-3-4-15(14(19)10-12)24-16-13(2-1-7-20-16)11-5-8-21(9-6-11)17(22)23/h1-5,7,10H,6,8-9H2,(H,22,23). The summed E-state index contributed by atoms with van der Waals surface area (Å²) in [5.74, 6) is 0.890. The zero-order valence-electron chi connectivity index (χ0n) is 12.6. The Hall–Kier alpha value is -2.24. The number of nitrogens with zero attached hydrogens (tertiary/aromatic N) is 2. The van der Waals surface area contributed by atoms with Gasteiger partial charge in [0.1, 0.15) is 5.75 Å². The summed E-state index contributed by atoms with van der Waals surface area (Å²) in [4.78, 5) is 16.6. The number of benzene rings is 1. The van der Waals surface area contributed by atoms with Gasteiger partial charge in [0.2, 0.25) is 5.88 Å². The van der Waals surface area contributed by atoms with Crippen molar-refractivity contribution in [2.24, 2.45) is 0 Å². The first kappa shape index (κ1) is 16.6. The molecule has 7 heteroatoms. The lowest BCUT2D eigenvalue weighted by molar-refractivity contribution is 0.150. The molecule has 0 saturated carbocycles. The smallest absolute Gasteiger partial charge is 0.407 e. The summed E-state index contributed by atoms with van der Waals surface area (Å²) in [7, 11) is 0. The molecule has 5 nitrogen and oxygen atoms in total. The maximum absolute atomic E-state index is 11.0. The quantitative estimate of drug-likeness (QED) is 0.836. The van der Waals surface area contributed by atoms with Crippen molar-refractivity contribution < 1.29 is 14.6 Å². The van der Waals surface area contributed by atoms with Gasteiger partial charge < -0.3 is 14.7 Å². The van der Waals surface area contributed by atoms with E-state index in [9.17, 15) is 4.79 Å². The Morgan fingerprint density at radius 2 is 2.12 bits per heavy atom. The molecule has 0 aliphatic carbocycles. The van der Waals surface area contributed by atoms with E-state index in [1.165, 1.54) is 4.90 Å². The highest BCUT2D eigenvalue weighted by Gasteiger charge is 2.19. The van der Waals surface area contributed by atoms with Crippen LogP contribution in [-0.4, -0.2) is 34.2 Å². The van der Waals surface area contributed by atoms with Crippen LogP contribution in [0.2, 0.25) is 10.0 Å². The fourth-order valence-electron chi connectivity index (χ4n) is 2.47. The van der Waals surface area contributed by atoms with Gasteiger partial charge in [0.05, 0.1) is 5.02 Å². The average Bonchev–Trinajstić information content (AvgIpc) is 2.58. The van der Waals surface area contributed by atoms with Crippen molar-refractivity contribution in [3.05, 3.63) is 58.2 Å². The molecule has 0 atom stereocenters. The number of hydrogen-bond acceptors (Lipinski definition) is 3. The van der Waals surface area contributed by atoms with Gasteiger partial charge in [-0.1, -0.05) is 29.3 Å². The number of halogens is 2. The summed E-state index contributed by atoms with van der Waals surface area (Å²) in [6.45, 7) is 0.790. The van der Waals surface area contributed by atoms with Crippen LogP contribution in [0, 0.1) is 0 Å². The Kier molecular flexibility index (Phi) is 4.92. The van der Waals surface area contributed by atoms with E-state index in [1.54, 1.807) is 24.4 Å². The van der Waals surface area contributed by atoms with E-state index >= 15 is 0 Å². The van der Waals surface area contributed by atoms with Gasteiger partial charge in [-0.25, -0.2) is 9.78 Å². The number of carboxylic acid groups (broad SMARTS) is 1. The van der Waals surface area contributed by atoms with Crippen LogP contribution < -0.4 is 4.74 Å². The van der Waals surface area contributed by atoms with Crippen molar-refractivity contribution in [1.82, 2.24) is 9.88 Å². The molecule has 1 aromatic carbocycles. The second kappa shape index (κ2) is 7.11. The summed E-state index contributed by atoms with van der Waals surface area (Å²) < 4.78 is 5.85. The molecule has 0 bridgehead atoms. The highest BCUT2D eigenvalue weighted by Crippen LogP contribution is 2.35. The van der Waals surface area contributed by atoms with Crippen LogP contribution in [0.15, 0.2) is 42.6 Å². The van der Waals surface area contributed by atoms with Gasteiger partial charge in [-0.05, 0) is 42.3 Å². The van der Waals surface area contributed by atoms with Crippen LogP contribution in [0.25, 0.3) is 5.57 Å². The van der Waals surface area contributed by atoms with Crippen molar-refractivity contribution in [1.29, 1.82) is 0 Å². The molecule has 24 heavy (non-hydrogen) atoms. The van der Waals surface area contributed by atoms with Crippen molar-refractivity contribution >= 4 is 34.9 Å². The van der Waals surface area contributed by atoms with Gasteiger partial charge in [-0.15, -0.1) is 0 Å². The van der Waals surface area contributed by atoms with Crippen LogP contribution in [0.1, 0.15) is 12.0 Å². The zero-order valence-corrected chi connectivity index (χ0v) is 14.1. The molecular weight excluding hydrogens is 351 g/mol. The number of hydrogen-bond donors (Lipinski definition) is 1. The predicted octanol–water partition coefficient (Wildman–Crippen LogP) is 4.95. The lowest BCUT2D eigenvalue weighted by atomic mass is 10.0. The lowest BCUT2D eigenvalue weighted by Gasteiger charge is -2.24. The van der Waals surface area contributed by atoms with Crippen LogP contribution in [0.4, 0.5) is 4.79 Å². The molecule has 0 fully saturated rings. The van der Waals surface area contributed by atoms with E-state index in [2.05, 4.69) is 4.98 Å². The van der Waals surface area contributed by atoms with Crippen molar-refractivity contribution in [3.8, 4) is 11.6 Å². The number of carbonyl (C=O) groups is 1. The van der Waals surface area contributed by atoms with Gasteiger partial charge in [-0.2, -0.15) is 0 Å². The molecule has 2 heterocycles. The second-order valence-electron chi connectivity index (χ2n) is 5.24. The molecule has 0 unspecified atom stereocenters. The maximum Gasteiger partial charge on any atom is 0.407 e. The van der Waals surface area contributed by atoms with Crippen molar-refractivity contribution in [2.75, 3.05) is 13.1 Å². The average molecular weight is 365 g/mol. The molecular formula is C17H14Cl2N2O3. The number of pyridine rings is 1. The van der Waals surface area contributed by atoms with Crippen molar-refractivity contribution in [3.63, 3.8) is 0 Å². The van der Waals surface area contributed by atoms with Gasteiger partial charge in [0, 0.05) is 29.9 Å². The highest BCUT2D eigenvalue weighted by atomic mass is 35.5. The fourth-order valence-corrected chi connectivity index (χ4v) is 2.91. The van der Waals surface area contributed by atoms with Crippen molar-refractivity contribution in [2.45, 2.75) is 6.42 Å². The van der Waals surface area contributed by atoms with E-state index in [-0.39, 0.29) is 0 Å². The molecule has 2 aromatic rings. The molecule has 1 amide bonds. The van der Waals surface area contributed by atoms with Gasteiger partial charge >= 0.3 is 6.09 Å². The normalized spacial score (nSPS) is 14.2. The Balaban J connectivity index is 1.87. The Labute approximate surface area is 149 Å². The van der Waals surface area contributed by atoms with E-state index < -0.39 is 6.09 Å². The summed E-state index contributed by atoms with van der Waals surface area (Å²) >= 11 is 12.0. The van der Waals surface area contributed by atoms with Crippen LogP contribution in [0.3, 0.4) is 0 Å². The SMILES string of the molecule is O=C(O)N1CC=C(c2cccnc2Oc2ccc(Cl)cc2Cl)CC1. The second-order valence-corrected chi connectivity index (χ2v) is 6.08. The van der Waals surface area contributed by atoms with Crippen LogP contribution in [0.5, 0.6) is 11.6 Å². The molecule has 3 rings (SSSR count). The van der Waals surface area contributed by atoms with E-state index in [0.717, 1.165) is 11.1 Å². The molecule has 0 radical (unpaired) electrons. The monoisotopic (exact) mass is 364 g/mol. The third-order valence-electron chi connectivity index (χ3n) is 3.70. The summed E-state index contributed by atoms with van der Waals surface area (Å²) in [5.41, 5.74) is 1.83. The Bertz CT molecular complexity index is 808. The Morgan fingerprint density at radius 1 is 1.29 bits per heavy atom. The number of aromatic nitrogens is 1. The molecule has 1 aliphatic rings. The van der Waals surface area contributed by atoms with E-state index in [4.69, 9.17) is 33.0 Å². The Morgan fingerprint density at radius 3 is 2.79 bits per heavy atom. The number of amides is 1. The molecule has 0 spiro atoms. The van der Waals surface area contributed by atoms with E-state index in [1.807, 2.05) is 18.2 Å². The third kappa shape index (κ3) is 3.63. The molecule has 124 valence electrons. The van der Waals surface area contributed by atoms with E-state index in [0.29, 0.717) is 41.2 Å². The minimum Gasteiger partial charge on any atom is -0.465 e. The largest absolute Gasteiger partial charge is 0.465 e. The van der Waals surface area contributed by atoms with Gasteiger partial charge in [0.25, 0.3) is 0 Å². The molecule has 0 saturated heterocycles. The van der Waals surface area contributed by atoms with Crippen LogP contribution in [-0.2, 0) is 0 Å². The first-order chi connectivity index (χ1) is 11.5. The first-order valence-electron chi connectivity index (χ1n) is 7.30. The zero-order chi connectivity index (χ0) is 17.1. The summed E-state index contributed by atoms with van der Waals surface area (Å²) in [6.07, 6.45) is 3.20. The summed E-state index contributed by atoms with van der Waals surface area (Å²) in [6, 6.07) is 8.69. The number of rotatable bonds is 3. The number of ether oxygens (including phenoxy) is 1. The van der Waals surface area contributed by atoms with Gasteiger partial charge in [-0.3, -0.25) is 0 Å². The molecule has 1 aromatic heterocycles. The van der Waals surface area contributed by atoms with Gasteiger partial charge in [0.15, 0.2) is 0 Å². The minimum absolute atomic E-state index is 0.348. The minimum atomic E-state index is -0.916.